The van der Waals surface area contributed by atoms with E-state index in [-0.39, 0.29) is 11.5 Å². The van der Waals surface area contributed by atoms with E-state index in [1.165, 1.54) is 13.2 Å². The van der Waals surface area contributed by atoms with Crippen LogP contribution < -0.4 is 9.47 Å². The Balaban J connectivity index is 3.16. The standard InChI is InChI=1S/C9H8F4O2S/c1-14-5-3-6(10)8(7(4-5)15-2)16-9(11,12)13/h3-4H,1-2H3. The number of rotatable bonds is 3. The zero-order chi connectivity index (χ0) is 12.3. The average molecular weight is 256 g/mol. The van der Waals surface area contributed by atoms with E-state index < -0.39 is 28.0 Å². The number of thioether (sulfide) groups is 1. The van der Waals surface area contributed by atoms with Crippen molar-refractivity contribution in [3.05, 3.63) is 17.9 Å². The molecule has 16 heavy (non-hydrogen) atoms. The monoisotopic (exact) mass is 256 g/mol. The van der Waals surface area contributed by atoms with E-state index in [9.17, 15) is 17.6 Å². The van der Waals surface area contributed by atoms with Crippen LogP contribution in [0.1, 0.15) is 0 Å². The third kappa shape index (κ3) is 3.19. The summed E-state index contributed by atoms with van der Waals surface area (Å²) < 4.78 is 59.1. The van der Waals surface area contributed by atoms with Crippen LogP contribution in [0.15, 0.2) is 17.0 Å². The van der Waals surface area contributed by atoms with E-state index in [4.69, 9.17) is 4.74 Å². The van der Waals surface area contributed by atoms with Gasteiger partial charge in [0.1, 0.15) is 17.3 Å². The molecule has 0 N–H and O–H groups in total. The quantitative estimate of drug-likeness (QED) is 0.609. The normalized spacial score (nSPS) is 11.4. The predicted octanol–water partition coefficient (Wildman–Crippen LogP) is 3.45. The highest BCUT2D eigenvalue weighted by Gasteiger charge is 2.33. The van der Waals surface area contributed by atoms with Gasteiger partial charge in [-0.05, 0) is 11.8 Å². The zero-order valence-corrected chi connectivity index (χ0v) is 9.21. The molecule has 0 aliphatic carbocycles. The van der Waals surface area contributed by atoms with Crippen molar-refractivity contribution in [2.75, 3.05) is 14.2 Å². The van der Waals surface area contributed by atoms with E-state index >= 15 is 0 Å². The Bertz CT molecular complexity index is 379. The second-order valence-electron chi connectivity index (χ2n) is 2.69. The van der Waals surface area contributed by atoms with Crippen LogP contribution in [0.3, 0.4) is 0 Å². The van der Waals surface area contributed by atoms with Crippen LogP contribution in [0.25, 0.3) is 0 Å². The van der Waals surface area contributed by atoms with E-state index in [1.54, 1.807) is 0 Å². The van der Waals surface area contributed by atoms with Crippen LogP contribution in [0, 0.1) is 5.82 Å². The molecular formula is C9H8F4O2S. The maximum Gasteiger partial charge on any atom is 0.446 e. The molecule has 0 aliphatic heterocycles. The first-order valence-corrected chi connectivity index (χ1v) is 4.86. The van der Waals surface area contributed by atoms with Gasteiger partial charge in [-0.25, -0.2) is 4.39 Å². The molecule has 0 saturated carbocycles. The number of hydrogen-bond acceptors (Lipinski definition) is 3. The Kier molecular flexibility index (Phi) is 3.90. The summed E-state index contributed by atoms with van der Waals surface area (Å²) in [5.41, 5.74) is -4.57. The van der Waals surface area contributed by atoms with E-state index in [1.807, 2.05) is 0 Å². The lowest BCUT2D eigenvalue weighted by molar-refractivity contribution is -0.0330. The van der Waals surface area contributed by atoms with Crippen molar-refractivity contribution >= 4 is 11.8 Å². The molecule has 0 amide bonds. The first-order valence-electron chi connectivity index (χ1n) is 4.04. The van der Waals surface area contributed by atoms with E-state index in [0.29, 0.717) is 0 Å². The number of alkyl halides is 3. The number of hydrogen-bond donors (Lipinski definition) is 0. The number of methoxy groups -OCH3 is 2. The van der Waals surface area contributed by atoms with Gasteiger partial charge in [-0.2, -0.15) is 13.2 Å². The fraction of sp³-hybridized carbons (Fsp3) is 0.333. The van der Waals surface area contributed by atoms with Crippen molar-refractivity contribution in [2.24, 2.45) is 0 Å². The first-order chi connectivity index (χ1) is 7.37. The number of ether oxygens (including phenoxy) is 2. The van der Waals surface area contributed by atoms with Gasteiger partial charge < -0.3 is 9.47 Å². The highest BCUT2D eigenvalue weighted by atomic mass is 32.2. The second-order valence-corrected chi connectivity index (χ2v) is 3.76. The maximum absolute atomic E-state index is 13.3. The molecule has 0 bridgehead atoms. The minimum Gasteiger partial charge on any atom is -0.497 e. The maximum atomic E-state index is 13.3. The minimum atomic E-state index is -4.57. The van der Waals surface area contributed by atoms with Gasteiger partial charge >= 0.3 is 5.51 Å². The van der Waals surface area contributed by atoms with Gasteiger partial charge in [-0.15, -0.1) is 0 Å². The van der Waals surface area contributed by atoms with Crippen LogP contribution in [0.4, 0.5) is 17.6 Å². The molecular weight excluding hydrogens is 248 g/mol. The highest BCUT2D eigenvalue weighted by Crippen LogP contribution is 2.44. The van der Waals surface area contributed by atoms with E-state index in [2.05, 4.69) is 4.74 Å². The largest absolute Gasteiger partial charge is 0.497 e. The van der Waals surface area contributed by atoms with Gasteiger partial charge in [0.2, 0.25) is 0 Å². The second kappa shape index (κ2) is 4.82. The smallest absolute Gasteiger partial charge is 0.446 e. The molecule has 0 atom stereocenters. The first kappa shape index (κ1) is 13.0. The van der Waals surface area contributed by atoms with Crippen LogP contribution >= 0.6 is 11.8 Å². The summed E-state index contributed by atoms with van der Waals surface area (Å²) in [6, 6.07) is 2.06. The lowest BCUT2D eigenvalue weighted by atomic mass is 10.3. The van der Waals surface area contributed by atoms with Crippen LogP contribution in [0.5, 0.6) is 11.5 Å². The Hall–Kier alpha value is -1.11. The van der Waals surface area contributed by atoms with Crippen molar-refractivity contribution < 1.29 is 27.0 Å². The third-order valence-corrected chi connectivity index (χ3v) is 2.49. The molecule has 1 rings (SSSR count). The Morgan fingerprint density at radius 2 is 1.75 bits per heavy atom. The van der Waals surface area contributed by atoms with Crippen LogP contribution in [0.2, 0.25) is 0 Å². The van der Waals surface area contributed by atoms with Crippen LogP contribution in [-0.2, 0) is 0 Å². The molecule has 0 spiro atoms. The molecule has 1 aromatic carbocycles. The molecule has 0 radical (unpaired) electrons. The summed E-state index contributed by atoms with van der Waals surface area (Å²) in [6.45, 7) is 0. The van der Waals surface area contributed by atoms with Gasteiger partial charge in [-0.1, -0.05) is 0 Å². The molecule has 0 aliphatic rings. The lowest BCUT2D eigenvalue weighted by Crippen LogP contribution is -2.02. The summed E-state index contributed by atoms with van der Waals surface area (Å²) in [7, 11) is 2.44. The van der Waals surface area contributed by atoms with Crippen molar-refractivity contribution in [1.82, 2.24) is 0 Å². The molecule has 0 aromatic heterocycles. The molecule has 0 heterocycles. The SMILES string of the molecule is COc1cc(F)c(SC(F)(F)F)c(OC)c1. The average Bonchev–Trinajstić information content (AvgIpc) is 2.19. The molecule has 7 heteroatoms. The van der Waals surface area contributed by atoms with Gasteiger partial charge in [0.25, 0.3) is 0 Å². The Morgan fingerprint density at radius 1 is 1.12 bits per heavy atom. The molecule has 2 nitrogen and oxygen atoms in total. The summed E-state index contributed by atoms with van der Waals surface area (Å²) in [6.07, 6.45) is 0. The fourth-order valence-electron chi connectivity index (χ4n) is 1.03. The Labute approximate surface area is 93.5 Å². The number of benzene rings is 1. The third-order valence-electron chi connectivity index (χ3n) is 1.66. The number of halogens is 4. The molecule has 90 valence electrons. The van der Waals surface area contributed by atoms with Crippen molar-refractivity contribution in [3.8, 4) is 11.5 Å². The van der Waals surface area contributed by atoms with Crippen molar-refractivity contribution in [1.29, 1.82) is 0 Å². The predicted molar refractivity (Wildman–Crippen MR) is 51.4 cm³/mol. The minimum absolute atomic E-state index is 0.0980. The highest BCUT2D eigenvalue weighted by molar-refractivity contribution is 8.00. The zero-order valence-electron chi connectivity index (χ0n) is 8.39. The van der Waals surface area contributed by atoms with Crippen molar-refractivity contribution in [3.63, 3.8) is 0 Å². The molecule has 0 saturated heterocycles. The topological polar surface area (TPSA) is 18.5 Å². The lowest BCUT2D eigenvalue weighted by Gasteiger charge is -2.12. The summed E-state index contributed by atoms with van der Waals surface area (Å²) >= 11 is -0.558. The summed E-state index contributed by atoms with van der Waals surface area (Å²) in [5.74, 6) is -1.14. The van der Waals surface area contributed by atoms with Gasteiger partial charge in [-0.3, -0.25) is 0 Å². The summed E-state index contributed by atoms with van der Waals surface area (Å²) in [4.78, 5) is -0.601. The van der Waals surface area contributed by atoms with Crippen LogP contribution in [-0.4, -0.2) is 19.7 Å². The van der Waals surface area contributed by atoms with Crippen molar-refractivity contribution in [2.45, 2.75) is 10.4 Å². The molecule has 1 aromatic rings. The molecule has 0 unspecified atom stereocenters. The Morgan fingerprint density at radius 3 is 2.19 bits per heavy atom. The van der Waals surface area contributed by atoms with Gasteiger partial charge in [0.15, 0.2) is 0 Å². The van der Waals surface area contributed by atoms with Gasteiger partial charge in [0, 0.05) is 12.1 Å². The summed E-state index contributed by atoms with van der Waals surface area (Å²) in [5, 5.41) is 0. The van der Waals surface area contributed by atoms with E-state index in [0.717, 1.165) is 13.2 Å². The fourth-order valence-corrected chi connectivity index (χ4v) is 1.66. The molecule has 0 fully saturated rings. The van der Waals surface area contributed by atoms with Gasteiger partial charge in [0.05, 0.1) is 19.1 Å².